The molecule has 0 aromatic carbocycles. The number of hydrogen-bond donors (Lipinski definition) is 2. The Balaban J connectivity index is 2.50. The molecule has 1 rings (SSSR count). The third kappa shape index (κ3) is 3.80. The van der Waals surface area contributed by atoms with Crippen LogP contribution in [0.25, 0.3) is 0 Å². The van der Waals surface area contributed by atoms with Crippen molar-refractivity contribution in [2.45, 2.75) is 32.7 Å². The lowest BCUT2D eigenvalue weighted by Gasteiger charge is -2.16. The van der Waals surface area contributed by atoms with Crippen LogP contribution in [0, 0.1) is 6.92 Å². The summed E-state index contributed by atoms with van der Waals surface area (Å²) in [6, 6.07) is 0. The first-order chi connectivity index (χ1) is 6.37. The molecular formula is C8H14N4OS. The Morgan fingerprint density at radius 1 is 1.57 bits per heavy atom. The highest BCUT2D eigenvalue weighted by molar-refractivity contribution is 7.15. The molecule has 0 saturated heterocycles. The van der Waals surface area contributed by atoms with Gasteiger partial charge in [-0.15, -0.1) is 10.2 Å². The van der Waals surface area contributed by atoms with E-state index in [4.69, 9.17) is 5.73 Å². The Kier molecular flexibility index (Phi) is 3.17. The Morgan fingerprint density at radius 2 is 2.21 bits per heavy atom. The van der Waals surface area contributed by atoms with Crippen molar-refractivity contribution in [1.29, 1.82) is 0 Å². The highest BCUT2D eigenvalue weighted by atomic mass is 32.1. The standard InChI is InChI=1S/C8H14N4OS/c1-5-11-12-7(14-5)10-6(13)4-8(2,3)9/h4,9H2,1-3H3,(H,10,12,13). The highest BCUT2D eigenvalue weighted by Gasteiger charge is 2.17. The number of nitrogens with one attached hydrogen (secondary N) is 1. The number of carbonyl (C=O) groups is 1. The smallest absolute Gasteiger partial charge is 0.228 e. The molecule has 0 bridgehead atoms. The van der Waals surface area contributed by atoms with Gasteiger partial charge in [0.1, 0.15) is 5.01 Å². The topological polar surface area (TPSA) is 80.9 Å². The van der Waals surface area contributed by atoms with Gasteiger partial charge in [0.15, 0.2) is 0 Å². The first kappa shape index (κ1) is 11.1. The molecule has 0 fully saturated rings. The summed E-state index contributed by atoms with van der Waals surface area (Å²) in [4.78, 5) is 11.4. The Hall–Kier alpha value is -1.01. The van der Waals surface area contributed by atoms with Crippen molar-refractivity contribution in [1.82, 2.24) is 10.2 Å². The van der Waals surface area contributed by atoms with Gasteiger partial charge in [-0.25, -0.2) is 0 Å². The maximum Gasteiger partial charge on any atom is 0.228 e. The Labute approximate surface area is 86.7 Å². The van der Waals surface area contributed by atoms with Gasteiger partial charge in [0, 0.05) is 12.0 Å². The largest absolute Gasteiger partial charge is 0.325 e. The summed E-state index contributed by atoms with van der Waals surface area (Å²) < 4.78 is 0. The lowest BCUT2D eigenvalue weighted by molar-refractivity contribution is -0.117. The molecule has 3 N–H and O–H groups in total. The van der Waals surface area contributed by atoms with Crippen molar-refractivity contribution in [2.24, 2.45) is 5.73 Å². The molecule has 1 amide bonds. The molecule has 1 heterocycles. The highest BCUT2D eigenvalue weighted by Crippen LogP contribution is 2.14. The van der Waals surface area contributed by atoms with E-state index >= 15 is 0 Å². The van der Waals surface area contributed by atoms with Gasteiger partial charge in [0.2, 0.25) is 11.0 Å². The van der Waals surface area contributed by atoms with Crippen LogP contribution >= 0.6 is 11.3 Å². The fourth-order valence-electron chi connectivity index (χ4n) is 0.924. The van der Waals surface area contributed by atoms with Crippen molar-refractivity contribution < 1.29 is 4.79 Å². The molecule has 0 spiro atoms. The maximum atomic E-state index is 11.4. The molecule has 0 unspecified atom stereocenters. The summed E-state index contributed by atoms with van der Waals surface area (Å²) in [6.45, 7) is 5.44. The summed E-state index contributed by atoms with van der Waals surface area (Å²) in [7, 11) is 0. The molecule has 1 aromatic heterocycles. The number of rotatable bonds is 3. The number of anilines is 1. The normalized spacial score (nSPS) is 11.4. The van der Waals surface area contributed by atoms with Crippen molar-refractivity contribution in [3.8, 4) is 0 Å². The van der Waals surface area contributed by atoms with Gasteiger partial charge in [-0.2, -0.15) is 0 Å². The molecule has 78 valence electrons. The van der Waals surface area contributed by atoms with Crippen LogP contribution in [0.1, 0.15) is 25.3 Å². The van der Waals surface area contributed by atoms with E-state index < -0.39 is 5.54 Å². The number of amides is 1. The molecule has 14 heavy (non-hydrogen) atoms. The minimum absolute atomic E-state index is 0.131. The van der Waals surface area contributed by atoms with E-state index in [1.165, 1.54) is 11.3 Å². The molecule has 5 nitrogen and oxygen atoms in total. The van der Waals surface area contributed by atoms with Crippen LogP contribution in [0.4, 0.5) is 5.13 Å². The molecule has 0 aliphatic rings. The van der Waals surface area contributed by atoms with Crippen LogP contribution in [0.2, 0.25) is 0 Å². The fourth-order valence-corrected chi connectivity index (χ4v) is 1.53. The maximum absolute atomic E-state index is 11.4. The van der Waals surface area contributed by atoms with Crippen LogP contribution in [0.15, 0.2) is 0 Å². The van der Waals surface area contributed by atoms with Crippen LogP contribution < -0.4 is 11.1 Å². The van der Waals surface area contributed by atoms with Crippen molar-refractivity contribution in [3.63, 3.8) is 0 Å². The lowest BCUT2D eigenvalue weighted by Crippen LogP contribution is -2.36. The van der Waals surface area contributed by atoms with E-state index in [2.05, 4.69) is 15.5 Å². The van der Waals surface area contributed by atoms with Crippen LogP contribution in [-0.4, -0.2) is 21.6 Å². The quantitative estimate of drug-likeness (QED) is 0.783. The second-order valence-electron chi connectivity index (χ2n) is 3.84. The SMILES string of the molecule is Cc1nnc(NC(=O)CC(C)(C)N)s1. The van der Waals surface area contributed by atoms with Crippen LogP contribution in [0.3, 0.4) is 0 Å². The van der Waals surface area contributed by atoms with Gasteiger partial charge in [0.05, 0.1) is 0 Å². The van der Waals surface area contributed by atoms with Gasteiger partial charge in [-0.3, -0.25) is 4.79 Å². The van der Waals surface area contributed by atoms with E-state index in [9.17, 15) is 4.79 Å². The Bertz CT molecular complexity index is 328. The molecule has 6 heteroatoms. The zero-order chi connectivity index (χ0) is 10.8. The second-order valence-corrected chi connectivity index (χ2v) is 5.02. The minimum Gasteiger partial charge on any atom is -0.325 e. The molecule has 0 radical (unpaired) electrons. The van der Waals surface area contributed by atoms with Crippen LogP contribution in [0.5, 0.6) is 0 Å². The first-order valence-corrected chi connectivity index (χ1v) is 5.07. The summed E-state index contributed by atoms with van der Waals surface area (Å²) in [6.07, 6.45) is 0.269. The van der Waals surface area contributed by atoms with E-state index in [-0.39, 0.29) is 12.3 Å². The minimum atomic E-state index is -0.496. The van der Waals surface area contributed by atoms with E-state index in [0.717, 1.165) is 5.01 Å². The van der Waals surface area contributed by atoms with E-state index in [1.54, 1.807) is 13.8 Å². The molecule has 0 aliphatic heterocycles. The number of nitrogens with zero attached hydrogens (tertiary/aromatic N) is 2. The Morgan fingerprint density at radius 3 is 2.64 bits per heavy atom. The molecule has 0 aliphatic carbocycles. The molecule has 1 aromatic rings. The summed E-state index contributed by atoms with van der Waals surface area (Å²) in [5, 5.41) is 11.6. The number of aromatic nitrogens is 2. The number of hydrogen-bond acceptors (Lipinski definition) is 5. The summed E-state index contributed by atoms with van der Waals surface area (Å²) >= 11 is 1.35. The van der Waals surface area contributed by atoms with Crippen molar-refractivity contribution in [3.05, 3.63) is 5.01 Å². The van der Waals surface area contributed by atoms with Crippen molar-refractivity contribution in [2.75, 3.05) is 5.32 Å². The molecule has 0 atom stereocenters. The lowest BCUT2D eigenvalue weighted by atomic mass is 10.0. The van der Waals surface area contributed by atoms with Gasteiger partial charge in [-0.1, -0.05) is 11.3 Å². The summed E-state index contributed by atoms with van der Waals surface area (Å²) in [5.74, 6) is -0.131. The molecular weight excluding hydrogens is 200 g/mol. The van der Waals surface area contributed by atoms with Gasteiger partial charge >= 0.3 is 0 Å². The number of nitrogens with two attached hydrogens (primary N) is 1. The second kappa shape index (κ2) is 4.02. The number of aryl methyl sites for hydroxylation is 1. The summed E-state index contributed by atoms with van der Waals surface area (Å²) in [5.41, 5.74) is 5.21. The average molecular weight is 214 g/mol. The number of carbonyl (C=O) groups excluding carboxylic acids is 1. The third-order valence-electron chi connectivity index (χ3n) is 1.39. The predicted octanol–water partition coefficient (Wildman–Crippen LogP) is 0.912. The average Bonchev–Trinajstić information content (AvgIpc) is 2.30. The molecule has 0 saturated carbocycles. The van der Waals surface area contributed by atoms with Gasteiger partial charge in [-0.05, 0) is 20.8 Å². The van der Waals surface area contributed by atoms with Crippen LogP contribution in [-0.2, 0) is 4.79 Å². The zero-order valence-corrected chi connectivity index (χ0v) is 9.31. The van der Waals surface area contributed by atoms with Crippen molar-refractivity contribution >= 4 is 22.4 Å². The van der Waals surface area contributed by atoms with Gasteiger partial charge in [0.25, 0.3) is 0 Å². The monoisotopic (exact) mass is 214 g/mol. The zero-order valence-electron chi connectivity index (χ0n) is 8.50. The van der Waals surface area contributed by atoms with Gasteiger partial charge < -0.3 is 11.1 Å². The fraction of sp³-hybridized carbons (Fsp3) is 0.625. The predicted molar refractivity (Wildman–Crippen MR) is 56.2 cm³/mol. The van der Waals surface area contributed by atoms with E-state index in [0.29, 0.717) is 5.13 Å². The first-order valence-electron chi connectivity index (χ1n) is 4.26. The third-order valence-corrected chi connectivity index (χ3v) is 2.14. The van der Waals surface area contributed by atoms with E-state index in [1.807, 2.05) is 6.92 Å².